The topological polar surface area (TPSA) is 56.0 Å². The van der Waals surface area contributed by atoms with E-state index in [1.165, 1.54) is 0 Å². The second kappa shape index (κ2) is 6.85. The molecular formula is C14H21ClN2O2. The molecule has 0 aliphatic rings. The molecule has 1 rings (SSSR count). The number of rotatable bonds is 6. The summed E-state index contributed by atoms with van der Waals surface area (Å²) in [6.45, 7) is 7.75. The van der Waals surface area contributed by atoms with Gasteiger partial charge in [-0.25, -0.2) is 0 Å². The Kier molecular flexibility index (Phi) is 5.73. The Morgan fingerprint density at radius 3 is 2.58 bits per heavy atom. The summed E-state index contributed by atoms with van der Waals surface area (Å²) in [5.41, 5.74) is 2.24. The predicted octanol–water partition coefficient (Wildman–Crippen LogP) is 4.19. The van der Waals surface area contributed by atoms with Gasteiger partial charge in [-0.1, -0.05) is 13.8 Å². The largest absolute Gasteiger partial charge is 0.278 e. The SMILES string of the molecule is Cc1cnc(CCC(Cl)CC(C)C)c(C)c1[N+](=O)[O-]. The second-order valence-electron chi connectivity index (χ2n) is 5.38. The maximum atomic E-state index is 11.0. The minimum absolute atomic E-state index is 0.0987. The van der Waals surface area contributed by atoms with Crippen LogP contribution >= 0.6 is 11.6 Å². The normalized spacial score (nSPS) is 12.7. The fourth-order valence-corrected chi connectivity index (χ4v) is 2.69. The Bertz CT molecular complexity index is 461. The predicted molar refractivity (Wildman–Crippen MR) is 77.8 cm³/mol. The van der Waals surface area contributed by atoms with E-state index in [4.69, 9.17) is 11.6 Å². The zero-order chi connectivity index (χ0) is 14.6. The molecule has 0 aromatic carbocycles. The van der Waals surface area contributed by atoms with Crippen LogP contribution < -0.4 is 0 Å². The molecule has 0 aliphatic heterocycles. The summed E-state index contributed by atoms with van der Waals surface area (Å²) in [5.74, 6) is 0.559. The van der Waals surface area contributed by atoms with Gasteiger partial charge in [-0.2, -0.15) is 0 Å². The molecule has 5 heteroatoms. The minimum Gasteiger partial charge on any atom is -0.260 e. The Labute approximate surface area is 119 Å². The molecule has 19 heavy (non-hydrogen) atoms. The van der Waals surface area contributed by atoms with E-state index in [1.54, 1.807) is 20.0 Å². The Balaban J connectivity index is 2.80. The van der Waals surface area contributed by atoms with Gasteiger partial charge in [-0.15, -0.1) is 11.6 Å². The first-order chi connectivity index (χ1) is 8.82. The van der Waals surface area contributed by atoms with Gasteiger partial charge < -0.3 is 0 Å². The van der Waals surface area contributed by atoms with Crippen molar-refractivity contribution in [3.8, 4) is 0 Å². The van der Waals surface area contributed by atoms with Gasteiger partial charge in [0.05, 0.1) is 10.6 Å². The Morgan fingerprint density at radius 1 is 1.42 bits per heavy atom. The number of halogens is 1. The molecule has 4 nitrogen and oxygen atoms in total. The van der Waals surface area contributed by atoms with Crippen LogP contribution in [0.2, 0.25) is 0 Å². The third-order valence-corrected chi connectivity index (χ3v) is 3.58. The number of aromatic nitrogens is 1. The molecule has 1 aromatic rings. The van der Waals surface area contributed by atoms with Gasteiger partial charge >= 0.3 is 0 Å². The van der Waals surface area contributed by atoms with Crippen LogP contribution in [0.1, 0.15) is 43.5 Å². The van der Waals surface area contributed by atoms with Crippen molar-refractivity contribution in [2.24, 2.45) is 5.92 Å². The molecule has 0 spiro atoms. The van der Waals surface area contributed by atoms with Crippen LogP contribution in [-0.2, 0) is 6.42 Å². The molecule has 1 aromatic heterocycles. The summed E-state index contributed by atoms with van der Waals surface area (Å²) in [6, 6.07) is 0. The number of aryl methyl sites for hydroxylation is 2. The first-order valence-corrected chi connectivity index (χ1v) is 7.00. The maximum absolute atomic E-state index is 11.0. The van der Waals surface area contributed by atoms with Crippen LogP contribution in [0.3, 0.4) is 0 Å². The van der Waals surface area contributed by atoms with Crippen molar-refractivity contribution in [2.45, 2.75) is 52.3 Å². The highest BCUT2D eigenvalue weighted by atomic mass is 35.5. The highest BCUT2D eigenvalue weighted by molar-refractivity contribution is 6.20. The summed E-state index contributed by atoms with van der Waals surface area (Å²) in [6.07, 6.45) is 4.02. The number of nitro groups is 1. The van der Waals surface area contributed by atoms with Crippen molar-refractivity contribution in [3.63, 3.8) is 0 Å². The standard InChI is InChI=1S/C14H21ClN2O2/c1-9(2)7-12(15)5-6-13-11(4)14(17(18)19)10(3)8-16-13/h8-9,12H,5-7H2,1-4H3. The highest BCUT2D eigenvalue weighted by Gasteiger charge is 2.19. The molecule has 0 aliphatic carbocycles. The summed E-state index contributed by atoms with van der Waals surface area (Å²) in [4.78, 5) is 15.0. The molecule has 0 N–H and O–H groups in total. The lowest BCUT2D eigenvalue weighted by Crippen LogP contribution is -2.08. The third kappa shape index (κ3) is 4.46. The maximum Gasteiger partial charge on any atom is 0.278 e. The molecular weight excluding hydrogens is 264 g/mol. The molecule has 0 bridgehead atoms. The number of alkyl halides is 1. The molecule has 0 saturated carbocycles. The van der Waals surface area contributed by atoms with E-state index in [9.17, 15) is 10.1 Å². The van der Waals surface area contributed by atoms with Gasteiger partial charge in [0.2, 0.25) is 0 Å². The summed E-state index contributed by atoms with van der Waals surface area (Å²) in [7, 11) is 0. The number of nitrogens with zero attached hydrogens (tertiary/aromatic N) is 2. The van der Waals surface area contributed by atoms with Crippen LogP contribution in [-0.4, -0.2) is 15.3 Å². The third-order valence-electron chi connectivity index (χ3n) is 3.18. The van der Waals surface area contributed by atoms with Crippen LogP contribution in [0, 0.1) is 29.9 Å². The van der Waals surface area contributed by atoms with Crippen molar-refractivity contribution in [2.75, 3.05) is 0 Å². The van der Waals surface area contributed by atoms with Crippen molar-refractivity contribution in [1.82, 2.24) is 4.98 Å². The number of hydrogen-bond acceptors (Lipinski definition) is 3. The van der Waals surface area contributed by atoms with Crippen LogP contribution in [0.25, 0.3) is 0 Å². The minimum atomic E-state index is -0.331. The van der Waals surface area contributed by atoms with Gasteiger partial charge in [0.25, 0.3) is 5.69 Å². The van der Waals surface area contributed by atoms with Crippen molar-refractivity contribution >= 4 is 17.3 Å². The van der Waals surface area contributed by atoms with Gasteiger partial charge in [-0.3, -0.25) is 15.1 Å². The van der Waals surface area contributed by atoms with Gasteiger partial charge in [0.15, 0.2) is 0 Å². The smallest absolute Gasteiger partial charge is 0.260 e. The van der Waals surface area contributed by atoms with Crippen molar-refractivity contribution < 1.29 is 4.92 Å². The van der Waals surface area contributed by atoms with Gasteiger partial charge in [0.1, 0.15) is 0 Å². The van der Waals surface area contributed by atoms with Crippen molar-refractivity contribution in [1.29, 1.82) is 0 Å². The molecule has 1 unspecified atom stereocenters. The van der Waals surface area contributed by atoms with E-state index in [0.29, 0.717) is 23.5 Å². The van der Waals surface area contributed by atoms with E-state index in [-0.39, 0.29) is 16.0 Å². The zero-order valence-corrected chi connectivity index (χ0v) is 12.7. The van der Waals surface area contributed by atoms with E-state index >= 15 is 0 Å². The summed E-state index contributed by atoms with van der Waals surface area (Å²) >= 11 is 6.25. The first kappa shape index (κ1) is 15.9. The van der Waals surface area contributed by atoms with Crippen molar-refractivity contribution in [3.05, 3.63) is 33.1 Å². The quantitative estimate of drug-likeness (QED) is 0.447. The van der Waals surface area contributed by atoms with E-state index in [2.05, 4.69) is 18.8 Å². The molecule has 0 amide bonds. The van der Waals surface area contributed by atoms with Gasteiger partial charge in [-0.05, 0) is 39.0 Å². The van der Waals surface area contributed by atoms with Crippen LogP contribution in [0.4, 0.5) is 5.69 Å². The lowest BCUT2D eigenvalue weighted by Gasteiger charge is -2.12. The first-order valence-electron chi connectivity index (χ1n) is 6.56. The molecule has 1 atom stereocenters. The highest BCUT2D eigenvalue weighted by Crippen LogP contribution is 2.26. The lowest BCUT2D eigenvalue weighted by atomic mass is 10.0. The summed E-state index contributed by atoms with van der Waals surface area (Å²) in [5, 5.41) is 11.1. The zero-order valence-electron chi connectivity index (χ0n) is 11.9. The summed E-state index contributed by atoms with van der Waals surface area (Å²) < 4.78 is 0. The molecule has 0 fully saturated rings. The average molecular weight is 285 g/mol. The van der Waals surface area contributed by atoms with Gasteiger partial charge in [0, 0.05) is 22.7 Å². The monoisotopic (exact) mass is 284 g/mol. The fraction of sp³-hybridized carbons (Fsp3) is 0.643. The molecule has 0 radical (unpaired) electrons. The van der Waals surface area contributed by atoms with E-state index < -0.39 is 0 Å². The van der Waals surface area contributed by atoms with E-state index in [0.717, 1.165) is 18.5 Å². The van der Waals surface area contributed by atoms with Crippen LogP contribution in [0.5, 0.6) is 0 Å². The van der Waals surface area contributed by atoms with E-state index in [1.807, 2.05) is 0 Å². The number of pyridine rings is 1. The number of hydrogen-bond donors (Lipinski definition) is 0. The fourth-order valence-electron chi connectivity index (χ4n) is 2.22. The average Bonchev–Trinajstić information content (AvgIpc) is 2.26. The Hall–Kier alpha value is -1.16. The van der Waals surface area contributed by atoms with Crippen LogP contribution in [0.15, 0.2) is 6.20 Å². The molecule has 106 valence electrons. The molecule has 0 saturated heterocycles. The lowest BCUT2D eigenvalue weighted by molar-refractivity contribution is -0.386. The second-order valence-corrected chi connectivity index (χ2v) is 6.00. The Morgan fingerprint density at radius 2 is 2.05 bits per heavy atom. The molecule has 1 heterocycles.